The van der Waals surface area contributed by atoms with Crippen molar-refractivity contribution in [1.29, 1.82) is 0 Å². The molecule has 0 radical (unpaired) electrons. The number of anilines is 8. The van der Waals surface area contributed by atoms with Crippen molar-refractivity contribution in [1.82, 2.24) is 80.6 Å². The molecule has 2 aromatic carbocycles. The molecule has 9 aromatic heterocycles. The van der Waals surface area contributed by atoms with Crippen LogP contribution in [0.5, 0.6) is 0 Å². The van der Waals surface area contributed by atoms with Gasteiger partial charge in [-0.2, -0.15) is 5.10 Å². The van der Waals surface area contributed by atoms with E-state index < -0.39 is 10.7 Å². The number of aromatic amines is 4. The molecule has 12 N–H and O–H groups in total. The van der Waals surface area contributed by atoms with Crippen LogP contribution in [0.3, 0.4) is 0 Å². The molecule has 30 heteroatoms. The highest BCUT2D eigenvalue weighted by Crippen LogP contribution is 2.29. The zero-order valence-electron chi connectivity index (χ0n) is 57.5. The van der Waals surface area contributed by atoms with Gasteiger partial charge in [0.15, 0.2) is 17.5 Å². The van der Waals surface area contributed by atoms with Gasteiger partial charge in [0.05, 0.1) is 111 Å². The van der Waals surface area contributed by atoms with E-state index in [9.17, 15) is 24.1 Å². The molecule has 550 valence electrons. The molecule has 29 nitrogen and oxygen atoms in total. The lowest BCUT2D eigenvalue weighted by Gasteiger charge is -2.36. The number of piperazine rings is 2. The third kappa shape index (κ3) is 19.7. The number of carbonyl (C=O) groups is 1. The Morgan fingerprint density at radius 2 is 1.01 bits per heavy atom. The Balaban J connectivity index is 0.000000144. The molecule has 6 aliphatic heterocycles. The Morgan fingerprint density at radius 3 is 1.58 bits per heavy atom. The number of imidazole rings is 3. The summed E-state index contributed by atoms with van der Waals surface area (Å²) in [6.07, 6.45) is 29.7. The number of hydrogen-bond acceptors (Lipinski definition) is 23. The summed E-state index contributed by atoms with van der Waals surface area (Å²) in [5.41, 5.74) is 28.2. The number of nitro groups is 1. The molecule has 11 aromatic rings. The largest absolute Gasteiger partial charge is 0.396 e. The molecule has 0 unspecified atom stereocenters. The van der Waals surface area contributed by atoms with Crippen LogP contribution in [0.2, 0.25) is 0 Å². The molecular weight excluding hydrogens is 1320 g/mol. The zero-order chi connectivity index (χ0) is 70.6. The first-order valence-electron chi connectivity index (χ1n) is 35.4. The Labute approximate surface area is 604 Å². The number of nitrogens with two attached hydrogens (primary N) is 3. The number of nitrogens with one attached hydrogen (secondary N) is 6. The van der Waals surface area contributed by atoms with Crippen molar-refractivity contribution < 1.29 is 14.1 Å². The first-order valence-corrected chi connectivity index (χ1v) is 35.4. The number of nitrogens with zero attached hydrogens (tertiary/aromatic N) is 16. The Morgan fingerprint density at radius 1 is 0.500 bits per heavy atom. The second kappa shape index (κ2) is 37.2. The average molecular weight is 1420 g/mol. The number of amides is 1. The van der Waals surface area contributed by atoms with Crippen molar-refractivity contribution >= 4 is 102 Å². The SMILES string of the molecule is C.C.C1CCNCC1.Nc1cc(N2CCCCC2)cnc1N.Nc1cc(N2CCCCC2)cnc1[N+](=O)[O-].O=C(c1cc(Cc2n[nH]c(=O)c3ccccc23)ccc1F)N1CCN(c2cnc3nc[nH]c3c2)CC1.c1nc2cc(N3CCCCC3)ncc2[nH]1.c1nc2ncc(N3CCNCC3)cc2[nH]1. The number of aromatic nitrogens is 13. The van der Waals surface area contributed by atoms with E-state index >= 15 is 0 Å². The summed E-state index contributed by atoms with van der Waals surface area (Å²) < 4.78 is 14.7. The zero-order valence-corrected chi connectivity index (χ0v) is 57.5. The number of benzene rings is 2. The maximum absolute atomic E-state index is 14.7. The molecule has 0 atom stereocenters. The van der Waals surface area contributed by atoms with Gasteiger partial charge in [-0.05, 0) is 142 Å². The molecule has 104 heavy (non-hydrogen) atoms. The van der Waals surface area contributed by atoms with Crippen LogP contribution in [0.4, 0.5) is 56.0 Å². The van der Waals surface area contributed by atoms with E-state index in [0.29, 0.717) is 60.8 Å². The molecule has 1 amide bonds. The predicted octanol–water partition coefficient (Wildman–Crippen LogP) is 10.0. The second-order valence-electron chi connectivity index (χ2n) is 25.9. The molecule has 0 aliphatic carbocycles. The number of H-pyrrole nitrogens is 4. The van der Waals surface area contributed by atoms with E-state index in [1.54, 1.807) is 66.6 Å². The van der Waals surface area contributed by atoms with Crippen LogP contribution in [-0.4, -0.2) is 185 Å². The number of piperidine rings is 4. The smallest absolute Gasteiger partial charge is 0.386 e. The molecule has 6 aliphatic rings. The van der Waals surface area contributed by atoms with E-state index in [2.05, 4.69) is 112 Å². The molecule has 6 fully saturated rings. The Kier molecular flexibility index (Phi) is 27.0. The summed E-state index contributed by atoms with van der Waals surface area (Å²) in [5, 5.41) is 25.2. The third-order valence-electron chi connectivity index (χ3n) is 18.9. The monoisotopic (exact) mass is 1420 g/mol. The van der Waals surface area contributed by atoms with Gasteiger partial charge in [-0.15, -0.1) is 0 Å². The fourth-order valence-corrected chi connectivity index (χ4v) is 13.3. The summed E-state index contributed by atoms with van der Waals surface area (Å²) in [6.45, 7) is 15.2. The highest BCUT2D eigenvalue weighted by atomic mass is 19.1. The lowest BCUT2D eigenvalue weighted by Crippen LogP contribution is -2.49. The van der Waals surface area contributed by atoms with Gasteiger partial charge in [0.2, 0.25) is 0 Å². The standard InChI is InChI=1S/C26H22FN7O2.C11H14N4.C10H13N5.C10H14N4O2.C10H16N4.C5H11N.2CH4/c27-21-6-5-16(12-22-18-3-1-2-4-19(18)25(35)32-31-22)11-20(21)26(36)34-9-7-33(8-10-34)17-13-23-24(28-14-17)30-15-29-23;1-2-4-15(5-3-1)11-6-9-10(7-12-11)14-8-13-9;1-3-15(4-2-11-1)8-5-9-10(12-6-8)14-7-13-9;11-9-6-8(7-12-10(9)14(15)16)13-4-2-1-3-5-13;11-9-6-8(7-13-10(9)12)14-4-2-1-3-5-14;1-2-4-6-5-3-1;;/h1-6,11,13-15H,7-10,12H2,(H,32,35)(H,28,29,30);6-8H,1-5H2,(H,13,14);5-7,11H,1-4H2,(H,12,13,14);6-7H,1-5,11H2;6-7H,1-5,11H2,(H2,12,13);6H,1-5H2;2*1H4. The molecule has 0 bridgehead atoms. The van der Waals surface area contributed by atoms with Gasteiger partial charge in [-0.25, -0.2) is 44.4 Å². The van der Waals surface area contributed by atoms with Crippen molar-refractivity contribution in [2.45, 2.75) is 98.3 Å². The Bertz CT molecular complexity index is 4500. The summed E-state index contributed by atoms with van der Waals surface area (Å²) in [6, 6.07) is 21.5. The highest BCUT2D eigenvalue weighted by molar-refractivity contribution is 5.95. The Hall–Kier alpha value is -11.1. The van der Waals surface area contributed by atoms with Crippen LogP contribution in [-0.2, 0) is 6.42 Å². The van der Waals surface area contributed by atoms with Crippen molar-refractivity contribution in [3.05, 3.63) is 166 Å². The quantitative estimate of drug-likeness (QED) is 0.0479. The summed E-state index contributed by atoms with van der Waals surface area (Å²) >= 11 is 0. The lowest BCUT2D eigenvalue weighted by atomic mass is 10.0. The minimum Gasteiger partial charge on any atom is -0.396 e. The van der Waals surface area contributed by atoms with Gasteiger partial charge in [0.1, 0.15) is 23.1 Å². The van der Waals surface area contributed by atoms with Gasteiger partial charge in [-0.3, -0.25) is 9.59 Å². The van der Waals surface area contributed by atoms with Gasteiger partial charge < -0.3 is 82.3 Å². The van der Waals surface area contributed by atoms with Crippen molar-refractivity contribution in [2.75, 3.05) is 146 Å². The summed E-state index contributed by atoms with van der Waals surface area (Å²) in [7, 11) is 0. The van der Waals surface area contributed by atoms with Crippen molar-refractivity contribution in [3.8, 4) is 0 Å². The van der Waals surface area contributed by atoms with E-state index in [-0.39, 0.29) is 43.4 Å². The number of carbonyl (C=O) groups excluding carboxylic acids is 1. The lowest BCUT2D eigenvalue weighted by molar-refractivity contribution is -0.388. The average Bonchev–Trinajstić information content (AvgIpc) is 1.08. The van der Waals surface area contributed by atoms with E-state index in [1.807, 2.05) is 36.7 Å². The molecule has 15 heterocycles. The van der Waals surface area contributed by atoms with E-state index in [4.69, 9.17) is 17.2 Å². The second-order valence-corrected chi connectivity index (χ2v) is 25.9. The number of pyridine rings is 5. The number of fused-ring (bicyclic) bond motifs is 4. The molecule has 0 saturated carbocycles. The van der Waals surface area contributed by atoms with Crippen LogP contribution in [0.15, 0.2) is 128 Å². The van der Waals surface area contributed by atoms with Gasteiger partial charge in [-0.1, -0.05) is 45.5 Å². The predicted molar refractivity (Wildman–Crippen MR) is 413 cm³/mol. The van der Waals surface area contributed by atoms with E-state index in [0.717, 1.165) is 140 Å². The molecule has 17 rings (SSSR count). The maximum Gasteiger partial charge on any atom is 0.386 e. The number of halogens is 1. The molecular formula is C74H98FN25O4. The van der Waals surface area contributed by atoms with Crippen molar-refractivity contribution in [3.63, 3.8) is 0 Å². The fraction of sp³-hybridized carbons (Fsp3) is 0.419. The van der Waals surface area contributed by atoms with Gasteiger partial charge >= 0.3 is 5.82 Å². The van der Waals surface area contributed by atoms with E-state index in [1.165, 1.54) is 95.2 Å². The topological polar surface area (TPSA) is 378 Å². The van der Waals surface area contributed by atoms with Crippen LogP contribution in [0, 0.1) is 15.9 Å². The minimum atomic E-state index is -0.560. The van der Waals surface area contributed by atoms with Gasteiger partial charge in [0.25, 0.3) is 11.5 Å². The van der Waals surface area contributed by atoms with Crippen LogP contribution < -0.4 is 57.9 Å². The third-order valence-corrected chi connectivity index (χ3v) is 18.9. The first-order chi connectivity index (χ1) is 49.9. The van der Waals surface area contributed by atoms with Crippen LogP contribution >= 0.6 is 0 Å². The number of rotatable bonds is 9. The number of nitrogen functional groups attached to an aromatic ring is 3. The summed E-state index contributed by atoms with van der Waals surface area (Å²) in [4.78, 5) is 91.0. The maximum atomic E-state index is 14.7. The molecule has 0 spiro atoms. The first kappa shape index (κ1) is 75.5. The number of hydrogen-bond donors (Lipinski definition) is 9. The van der Waals surface area contributed by atoms with Crippen LogP contribution in [0.25, 0.3) is 44.1 Å². The minimum absolute atomic E-state index is 0. The summed E-state index contributed by atoms with van der Waals surface area (Å²) in [5.74, 6) is 0.329. The molecule has 6 saturated heterocycles. The normalized spacial score (nSPS) is 16.0. The highest BCUT2D eigenvalue weighted by Gasteiger charge is 2.26. The van der Waals surface area contributed by atoms with Gasteiger partial charge in [0, 0.05) is 110 Å². The van der Waals surface area contributed by atoms with Crippen molar-refractivity contribution in [2.24, 2.45) is 0 Å². The fourth-order valence-electron chi connectivity index (χ4n) is 13.3. The van der Waals surface area contributed by atoms with Crippen LogP contribution in [0.1, 0.15) is 114 Å².